The van der Waals surface area contributed by atoms with Crippen molar-refractivity contribution in [2.75, 3.05) is 0 Å². The molecule has 2 rings (SSSR count). The fourth-order valence-electron chi connectivity index (χ4n) is 2.06. The van der Waals surface area contributed by atoms with Crippen LogP contribution in [-0.4, -0.2) is 5.78 Å². The van der Waals surface area contributed by atoms with Crippen LogP contribution in [0.1, 0.15) is 32.6 Å². The van der Waals surface area contributed by atoms with Crippen LogP contribution in [0, 0.1) is 0 Å². The van der Waals surface area contributed by atoms with Crippen molar-refractivity contribution < 1.29 is 4.79 Å². The van der Waals surface area contributed by atoms with E-state index in [0.29, 0.717) is 0 Å². The maximum absolute atomic E-state index is 12.0. The molecule has 0 fully saturated rings. The number of thioether (sulfide) groups is 1. The molecular formula is C16H18OS. The summed E-state index contributed by atoms with van der Waals surface area (Å²) in [6, 6.07) is 10.2. The van der Waals surface area contributed by atoms with Crippen molar-refractivity contribution in [3.05, 3.63) is 53.0 Å². The van der Waals surface area contributed by atoms with Gasteiger partial charge in [0.15, 0.2) is 5.78 Å². The van der Waals surface area contributed by atoms with Crippen molar-refractivity contribution in [3.63, 3.8) is 0 Å². The zero-order valence-corrected chi connectivity index (χ0v) is 11.6. The minimum absolute atomic E-state index is 0.182. The van der Waals surface area contributed by atoms with E-state index in [1.54, 1.807) is 11.8 Å². The normalized spacial score (nSPS) is 15.6. The molecule has 0 unspecified atom stereocenters. The van der Waals surface area contributed by atoms with Gasteiger partial charge in [-0.2, -0.15) is 0 Å². The summed E-state index contributed by atoms with van der Waals surface area (Å²) in [5, 5.41) is 0. The molecule has 0 N–H and O–H groups in total. The predicted octanol–water partition coefficient (Wildman–Crippen LogP) is 4.75. The van der Waals surface area contributed by atoms with E-state index in [2.05, 4.69) is 25.6 Å². The first-order chi connectivity index (χ1) is 8.72. The molecule has 1 aliphatic carbocycles. The Bertz CT molecular complexity index is 485. The summed E-state index contributed by atoms with van der Waals surface area (Å²) in [4.78, 5) is 14.4. The number of benzene rings is 1. The Labute approximate surface area is 113 Å². The number of ketones is 1. The van der Waals surface area contributed by atoms with Crippen LogP contribution in [0.5, 0.6) is 0 Å². The average molecular weight is 258 g/mol. The van der Waals surface area contributed by atoms with Crippen LogP contribution in [0.3, 0.4) is 0 Å². The third-order valence-corrected chi connectivity index (χ3v) is 4.22. The first-order valence-electron chi connectivity index (χ1n) is 6.39. The van der Waals surface area contributed by atoms with Gasteiger partial charge in [0.25, 0.3) is 0 Å². The van der Waals surface area contributed by atoms with E-state index in [4.69, 9.17) is 0 Å². The van der Waals surface area contributed by atoms with Gasteiger partial charge >= 0.3 is 0 Å². The Morgan fingerprint density at radius 2 is 2.00 bits per heavy atom. The number of carbonyl (C=O) groups excluding carboxylic acids is 1. The van der Waals surface area contributed by atoms with Crippen molar-refractivity contribution >= 4 is 17.5 Å². The summed E-state index contributed by atoms with van der Waals surface area (Å²) in [5.41, 5.74) is 1.75. The number of hydrogen-bond acceptors (Lipinski definition) is 2. The molecule has 0 aromatic heterocycles. The van der Waals surface area contributed by atoms with Gasteiger partial charge in [-0.1, -0.05) is 49.9 Å². The van der Waals surface area contributed by atoms with Gasteiger partial charge in [-0.15, -0.1) is 0 Å². The van der Waals surface area contributed by atoms with E-state index in [1.165, 1.54) is 9.80 Å². The second kappa shape index (κ2) is 6.05. The fraction of sp³-hybridized carbons (Fsp3) is 0.312. The zero-order valence-electron chi connectivity index (χ0n) is 10.7. The summed E-state index contributed by atoms with van der Waals surface area (Å²) >= 11 is 1.72. The molecule has 94 valence electrons. The third kappa shape index (κ3) is 2.94. The van der Waals surface area contributed by atoms with Crippen LogP contribution in [-0.2, 0) is 4.79 Å². The maximum atomic E-state index is 12.0. The Morgan fingerprint density at radius 3 is 2.67 bits per heavy atom. The molecule has 1 aliphatic rings. The topological polar surface area (TPSA) is 17.1 Å². The van der Waals surface area contributed by atoms with Gasteiger partial charge in [0.2, 0.25) is 0 Å². The molecule has 0 spiro atoms. The van der Waals surface area contributed by atoms with Crippen LogP contribution < -0.4 is 0 Å². The lowest BCUT2D eigenvalue weighted by Crippen LogP contribution is -1.98. The highest BCUT2D eigenvalue weighted by Crippen LogP contribution is 2.40. The summed E-state index contributed by atoms with van der Waals surface area (Å²) in [6.45, 7) is 6.03. The van der Waals surface area contributed by atoms with Gasteiger partial charge in [-0.25, -0.2) is 0 Å². The van der Waals surface area contributed by atoms with Crippen LogP contribution in [0.2, 0.25) is 0 Å². The Kier molecular flexibility index (Phi) is 4.43. The second-order valence-corrected chi connectivity index (χ2v) is 5.70. The molecule has 2 heteroatoms. The number of Topliss-reactive ketones (excluding diaryl/α,β-unsaturated/α-hetero) is 1. The van der Waals surface area contributed by atoms with Gasteiger partial charge in [-0.3, -0.25) is 4.79 Å². The lowest BCUT2D eigenvalue weighted by atomic mass is 10.1. The van der Waals surface area contributed by atoms with Crippen molar-refractivity contribution in [3.8, 4) is 0 Å². The highest BCUT2D eigenvalue weighted by atomic mass is 32.2. The van der Waals surface area contributed by atoms with Gasteiger partial charge < -0.3 is 0 Å². The molecule has 0 bridgehead atoms. The third-order valence-electron chi connectivity index (χ3n) is 3.07. The highest BCUT2D eigenvalue weighted by molar-refractivity contribution is 8.03. The standard InChI is InChI=1S/C16H18OS/c1-3-4-10-14-15(11-12(2)16(14)17)18-13-8-6-5-7-9-13/h5-9H,2-4,10-11H2,1H3. The predicted molar refractivity (Wildman–Crippen MR) is 77.6 cm³/mol. The van der Waals surface area contributed by atoms with Crippen LogP contribution in [0.15, 0.2) is 57.9 Å². The van der Waals surface area contributed by atoms with E-state index in [1.807, 2.05) is 18.2 Å². The molecular weight excluding hydrogens is 240 g/mol. The monoisotopic (exact) mass is 258 g/mol. The fourth-order valence-corrected chi connectivity index (χ4v) is 3.20. The summed E-state index contributed by atoms with van der Waals surface area (Å²) in [6.07, 6.45) is 3.82. The largest absolute Gasteiger partial charge is 0.289 e. The molecule has 0 radical (unpaired) electrons. The van der Waals surface area contributed by atoms with Gasteiger partial charge in [0, 0.05) is 21.8 Å². The summed E-state index contributed by atoms with van der Waals surface area (Å²) in [7, 11) is 0. The van der Waals surface area contributed by atoms with Crippen molar-refractivity contribution in [1.82, 2.24) is 0 Å². The van der Waals surface area contributed by atoms with Crippen molar-refractivity contribution in [2.24, 2.45) is 0 Å². The van der Waals surface area contributed by atoms with E-state index < -0.39 is 0 Å². The van der Waals surface area contributed by atoms with Gasteiger partial charge in [0.05, 0.1) is 0 Å². The lowest BCUT2D eigenvalue weighted by Gasteiger charge is -2.05. The molecule has 1 aromatic rings. The average Bonchev–Trinajstić information content (AvgIpc) is 2.64. The molecule has 0 heterocycles. The Morgan fingerprint density at radius 1 is 1.28 bits per heavy atom. The van der Waals surface area contributed by atoms with Gasteiger partial charge in [0.1, 0.15) is 0 Å². The number of allylic oxidation sites excluding steroid dienone is 3. The molecule has 0 amide bonds. The quantitative estimate of drug-likeness (QED) is 0.709. The molecule has 0 saturated heterocycles. The number of rotatable bonds is 5. The lowest BCUT2D eigenvalue weighted by molar-refractivity contribution is -0.112. The minimum atomic E-state index is 0.182. The van der Waals surface area contributed by atoms with Crippen LogP contribution in [0.25, 0.3) is 0 Å². The summed E-state index contributed by atoms with van der Waals surface area (Å²) < 4.78 is 0. The Balaban J connectivity index is 2.19. The number of unbranched alkanes of at least 4 members (excludes halogenated alkanes) is 1. The summed E-state index contributed by atoms with van der Waals surface area (Å²) in [5.74, 6) is 0.182. The van der Waals surface area contributed by atoms with E-state index in [9.17, 15) is 4.79 Å². The van der Waals surface area contributed by atoms with E-state index >= 15 is 0 Å². The molecule has 1 aromatic carbocycles. The molecule has 0 saturated carbocycles. The maximum Gasteiger partial charge on any atom is 0.185 e. The highest BCUT2D eigenvalue weighted by Gasteiger charge is 2.26. The number of carbonyl (C=O) groups is 1. The smallest absolute Gasteiger partial charge is 0.185 e. The van der Waals surface area contributed by atoms with E-state index in [0.717, 1.165) is 36.8 Å². The van der Waals surface area contributed by atoms with Gasteiger partial charge in [-0.05, 0) is 30.5 Å². The first-order valence-corrected chi connectivity index (χ1v) is 7.21. The molecule has 18 heavy (non-hydrogen) atoms. The minimum Gasteiger partial charge on any atom is -0.289 e. The van der Waals surface area contributed by atoms with Crippen molar-refractivity contribution in [2.45, 2.75) is 37.5 Å². The first kappa shape index (κ1) is 13.2. The molecule has 0 atom stereocenters. The van der Waals surface area contributed by atoms with Crippen LogP contribution in [0.4, 0.5) is 0 Å². The number of hydrogen-bond donors (Lipinski definition) is 0. The molecule has 0 aliphatic heterocycles. The van der Waals surface area contributed by atoms with E-state index in [-0.39, 0.29) is 5.78 Å². The molecule has 1 nitrogen and oxygen atoms in total. The Hall–Kier alpha value is -1.28. The zero-order chi connectivity index (χ0) is 13.0. The second-order valence-electron chi connectivity index (χ2n) is 4.53. The van der Waals surface area contributed by atoms with Crippen LogP contribution >= 0.6 is 11.8 Å². The SMILES string of the molecule is C=C1CC(Sc2ccccc2)=C(CCCC)C1=O. The van der Waals surface area contributed by atoms with Crippen molar-refractivity contribution in [1.29, 1.82) is 0 Å².